The minimum absolute atomic E-state index is 0.00258. The fourth-order valence-corrected chi connectivity index (χ4v) is 4.41. The molecule has 2 heteroatoms. The summed E-state index contributed by atoms with van der Waals surface area (Å²) in [5.41, 5.74) is 0.755. The first-order chi connectivity index (χ1) is 8.27. The second kappa shape index (κ2) is 4.89. The Kier molecular flexibility index (Phi) is 3.45. The second-order valence-corrected chi connectivity index (χ2v) is 6.71. The SMILES string of the molecule is OC1CCC(N2CCC3(CCCC3)CC2)CC1. The summed E-state index contributed by atoms with van der Waals surface area (Å²) >= 11 is 0. The van der Waals surface area contributed by atoms with E-state index in [1.54, 1.807) is 0 Å². The zero-order valence-electron chi connectivity index (χ0n) is 11.0. The van der Waals surface area contributed by atoms with Crippen LogP contribution in [0, 0.1) is 5.41 Å². The van der Waals surface area contributed by atoms with Gasteiger partial charge in [-0.05, 0) is 69.9 Å². The van der Waals surface area contributed by atoms with Crippen molar-refractivity contribution in [2.24, 2.45) is 5.41 Å². The molecule has 0 aromatic rings. The predicted octanol–water partition coefficient (Wildman–Crippen LogP) is 2.95. The molecule has 1 spiro atoms. The molecule has 0 bridgehead atoms. The maximum atomic E-state index is 9.57. The molecule has 0 unspecified atom stereocenters. The van der Waals surface area contributed by atoms with Crippen molar-refractivity contribution in [3.05, 3.63) is 0 Å². The quantitative estimate of drug-likeness (QED) is 0.758. The number of aliphatic hydroxyl groups is 1. The van der Waals surface area contributed by atoms with E-state index in [0.717, 1.165) is 24.3 Å². The second-order valence-electron chi connectivity index (χ2n) is 6.71. The van der Waals surface area contributed by atoms with Crippen molar-refractivity contribution >= 4 is 0 Å². The van der Waals surface area contributed by atoms with Crippen molar-refractivity contribution in [3.8, 4) is 0 Å². The Morgan fingerprint density at radius 1 is 0.824 bits per heavy atom. The lowest BCUT2D eigenvalue weighted by Crippen LogP contribution is -2.46. The van der Waals surface area contributed by atoms with Gasteiger partial charge in [0.15, 0.2) is 0 Å². The number of piperidine rings is 1. The lowest BCUT2D eigenvalue weighted by atomic mass is 9.76. The van der Waals surface area contributed by atoms with Gasteiger partial charge in [-0.25, -0.2) is 0 Å². The summed E-state index contributed by atoms with van der Waals surface area (Å²) in [5, 5.41) is 9.57. The Morgan fingerprint density at radius 3 is 2.00 bits per heavy atom. The summed E-state index contributed by atoms with van der Waals surface area (Å²) in [4.78, 5) is 2.73. The number of hydrogen-bond acceptors (Lipinski definition) is 2. The maximum Gasteiger partial charge on any atom is 0.0541 e. The standard InChI is InChI=1S/C15H27NO/c17-14-5-3-13(4-6-14)16-11-9-15(10-12-16)7-1-2-8-15/h13-14,17H,1-12H2. The molecule has 3 fully saturated rings. The highest BCUT2D eigenvalue weighted by Crippen LogP contribution is 2.46. The van der Waals surface area contributed by atoms with Gasteiger partial charge in [0.25, 0.3) is 0 Å². The largest absolute Gasteiger partial charge is 0.393 e. The first kappa shape index (κ1) is 12.0. The number of rotatable bonds is 1. The van der Waals surface area contributed by atoms with Gasteiger partial charge in [-0.3, -0.25) is 0 Å². The van der Waals surface area contributed by atoms with Crippen LogP contribution in [0.4, 0.5) is 0 Å². The average molecular weight is 237 g/mol. The summed E-state index contributed by atoms with van der Waals surface area (Å²) < 4.78 is 0. The molecule has 1 N–H and O–H groups in total. The van der Waals surface area contributed by atoms with E-state index in [0.29, 0.717) is 0 Å². The highest BCUT2D eigenvalue weighted by Gasteiger charge is 2.38. The molecule has 17 heavy (non-hydrogen) atoms. The fourth-order valence-electron chi connectivity index (χ4n) is 4.41. The molecule has 2 aliphatic carbocycles. The molecule has 1 heterocycles. The summed E-state index contributed by atoms with van der Waals surface area (Å²) in [7, 11) is 0. The van der Waals surface area contributed by atoms with E-state index in [-0.39, 0.29) is 6.10 Å². The molecule has 0 aromatic heterocycles. The lowest BCUT2D eigenvalue weighted by Gasteiger charge is -2.44. The molecule has 1 aliphatic heterocycles. The summed E-state index contributed by atoms with van der Waals surface area (Å²) in [5.74, 6) is 0. The van der Waals surface area contributed by atoms with Gasteiger partial charge in [0, 0.05) is 6.04 Å². The van der Waals surface area contributed by atoms with Crippen molar-refractivity contribution in [1.82, 2.24) is 4.90 Å². The van der Waals surface area contributed by atoms with E-state index in [1.807, 2.05) is 0 Å². The number of hydrogen-bond donors (Lipinski definition) is 1. The molecule has 0 atom stereocenters. The minimum atomic E-state index is -0.00258. The molecule has 3 aliphatic rings. The molecule has 3 rings (SSSR count). The Hall–Kier alpha value is -0.0800. The van der Waals surface area contributed by atoms with E-state index in [1.165, 1.54) is 64.5 Å². The first-order valence-corrected chi connectivity index (χ1v) is 7.70. The van der Waals surface area contributed by atoms with Crippen molar-refractivity contribution < 1.29 is 5.11 Å². The Bertz CT molecular complexity index is 242. The van der Waals surface area contributed by atoms with Gasteiger partial charge in [-0.1, -0.05) is 12.8 Å². The molecule has 0 radical (unpaired) electrons. The molecule has 2 saturated carbocycles. The van der Waals surface area contributed by atoms with E-state index >= 15 is 0 Å². The molecule has 2 nitrogen and oxygen atoms in total. The molecular weight excluding hydrogens is 210 g/mol. The van der Waals surface area contributed by atoms with E-state index in [9.17, 15) is 5.11 Å². The van der Waals surface area contributed by atoms with Crippen LogP contribution in [0.1, 0.15) is 64.2 Å². The van der Waals surface area contributed by atoms with Gasteiger partial charge in [0.1, 0.15) is 0 Å². The molecule has 0 amide bonds. The van der Waals surface area contributed by atoms with E-state index in [2.05, 4.69) is 4.90 Å². The zero-order valence-corrected chi connectivity index (χ0v) is 11.0. The molecule has 1 saturated heterocycles. The van der Waals surface area contributed by atoms with Gasteiger partial charge < -0.3 is 10.0 Å². The summed E-state index contributed by atoms with van der Waals surface area (Å²) in [6.45, 7) is 2.67. The van der Waals surface area contributed by atoms with Crippen LogP contribution in [0.15, 0.2) is 0 Å². The fraction of sp³-hybridized carbons (Fsp3) is 1.00. The van der Waals surface area contributed by atoms with Crippen LogP contribution in [0.3, 0.4) is 0 Å². The molecule has 98 valence electrons. The lowest BCUT2D eigenvalue weighted by molar-refractivity contribution is 0.0337. The van der Waals surface area contributed by atoms with Gasteiger partial charge in [-0.15, -0.1) is 0 Å². The third-order valence-corrected chi connectivity index (χ3v) is 5.71. The zero-order chi connectivity index (χ0) is 11.7. The third-order valence-electron chi connectivity index (χ3n) is 5.71. The van der Waals surface area contributed by atoms with Crippen LogP contribution in [-0.4, -0.2) is 35.2 Å². The number of nitrogens with zero attached hydrogens (tertiary/aromatic N) is 1. The summed E-state index contributed by atoms with van der Waals surface area (Å²) in [6, 6.07) is 0.789. The van der Waals surface area contributed by atoms with Crippen LogP contribution in [0.25, 0.3) is 0 Å². The average Bonchev–Trinajstić information content (AvgIpc) is 2.80. The van der Waals surface area contributed by atoms with Crippen LogP contribution >= 0.6 is 0 Å². The van der Waals surface area contributed by atoms with Gasteiger partial charge in [0.05, 0.1) is 6.10 Å². The Labute approximate surface area is 105 Å². The maximum absolute atomic E-state index is 9.57. The van der Waals surface area contributed by atoms with Crippen LogP contribution < -0.4 is 0 Å². The van der Waals surface area contributed by atoms with Gasteiger partial charge >= 0.3 is 0 Å². The number of aliphatic hydroxyl groups excluding tert-OH is 1. The highest BCUT2D eigenvalue weighted by molar-refractivity contribution is 4.92. The third kappa shape index (κ3) is 2.53. The summed E-state index contributed by atoms with van der Waals surface area (Å²) in [6.07, 6.45) is 13.4. The molecule has 0 aromatic carbocycles. The van der Waals surface area contributed by atoms with Crippen molar-refractivity contribution in [2.45, 2.75) is 76.4 Å². The topological polar surface area (TPSA) is 23.5 Å². The smallest absolute Gasteiger partial charge is 0.0541 e. The molecular formula is C15H27NO. The number of likely N-dealkylation sites (tertiary alicyclic amines) is 1. The van der Waals surface area contributed by atoms with E-state index < -0.39 is 0 Å². The van der Waals surface area contributed by atoms with Crippen LogP contribution in [0.2, 0.25) is 0 Å². The van der Waals surface area contributed by atoms with Gasteiger partial charge in [-0.2, -0.15) is 0 Å². The highest BCUT2D eigenvalue weighted by atomic mass is 16.3. The monoisotopic (exact) mass is 237 g/mol. The Balaban J connectivity index is 1.51. The first-order valence-electron chi connectivity index (χ1n) is 7.70. The van der Waals surface area contributed by atoms with Crippen molar-refractivity contribution in [1.29, 1.82) is 0 Å². The van der Waals surface area contributed by atoms with Gasteiger partial charge in [0.2, 0.25) is 0 Å². The minimum Gasteiger partial charge on any atom is -0.393 e. The van der Waals surface area contributed by atoms with Crippen LogP contribution in [0.5, 0.6) is 0 Å². The van der Waals surface area contributed by atoms with Crippen LogP contribution in [-0.2, 0) is 0 Å². The van der Waals surface area contributed by atoms with Crippen molar-refractivity contribution in [3.63, 3.8) is 0 Å². The van der Waals surface area contributed by atoms with E-state index in [4.69, 9.17) is 0 Å². The Morgan fingerprint density at radius 2 is 1.41 bits per heavy atom. The van der Waals surface area contributed by atoms with Crippen molar-refractivity contribution in [2.75, 3.05) is 13.1 Å². The normalized spacial score (nSPS) is 38.6. The predicted molar refractivity (Wildman–Crippen MR) is 70.0 cm³/mol.